The van der Waals surface area contributed by atoms with E-state index >= 15 is 0 Å². The zero-order valence-corrected chi connectivity index (χ0v) is 19.3. The van der Waals surface area contributed by atoms with Crippen molar-refractivity contribution in [1.82, 2.24) is 25.6 Å². The molecule has 8 nitrogen and oxygen atoms in total. The first-order valence-corrected chi connectivity index (χ1v) is 10.8. The number of aromatic nitrogens is 4. The maximum absolute atomic E-state index is 12.5. The summed E-state index contributed by atoms with van der Waals surface area (Å²) < 4.78 is 8.48. The molecule has 1 N–H and O–H groups in total. The van der Waals surface area contributed by atoms with Crippen LogP contribution in [0.2, 0.25) is 0 Å². The Kier molecular flexibility index (Phi) is 6.85. The number of tetrazole rings is 1. The summed E-state index contributed by atoms with van der Waals surface area (Å²) >= 11 is 2.25. The summed E-state index contributed by atoms with van der Waals surface area (Å²) in [4.78, 5) is 12.5. The minimum atomic E-state index is -0.286. The van der Waals surface area contributed by atoms with Crippen LogP contribution in [0.4, 0.5) is 0 Å². The van der Waals surface area contributed by atoms with Gasteiger partial charge in [0, 0.05) is 9.13 Å². The first-order valence-electron chi connectivity index (χ1n) is 9.74. The van der Waals surface area contributed by atoms with Gasteiger partial charge in [-0.05, 0) is 99.6 Å². The SMILES string of the molecule is CC(=NNC(=O)c1ccc(COc2ccc(I)cc2)cc1)c1cccc(-n2cnnn2)c1. The first-order chi connectivity index (χ1) is 15.6. The number of nitrogens with one attached hydrogen (secondary N) is 1. The Morgan fingerprint density at radius 3 is 2.56 bits per heavy atom. The number of halogens is 1. The molecule has 4 rings (SSSR count). The van der Waals surface area contributed by atoms with E-state index < -0.39 is 0 Å². The molecule has 1 aromatic heterocycles. The number of hydrogen-bond donors (Lipinski definition) is 1. The van der Waals surface area contributed by atoms with Gasteiger partial charge in [0.25, 0.3) is 5.91 Å². The van der Waals surface area contributed by atoms with Gasteiger partial charge in [0.15, 0.2) is 0 Å². The van der Waals surface area contributed by atoms with Crippen LogP contribution in [0.3, 0.4) is 0 Å². The fraction of sp³-hybridized carbons (Fsp3) is 0.0870. The topological polar surface area (TPSA) is 94.3 Å². The fourth-order valence-electron chi connectivity index (χ4n) is 2.87. The van der Waals surface area contributed by atoms with Crippen molar-refractivity contribution >= 4 is 34.2 Å². The minimum Gasteiger partial charge on any atom is -0.489 e. The van der Waals surface area contributed by atoms with Crippen LogP contribution in [0, 0.1) is 3.57 Å². The van der Waals surface area contributed by atoms with Crippen LogP contribution < -0.4 is 10.2 Å². The third kappa shape index (κ3) is 5.55. The van der Waals surface area contributed by atoms with Gasteiger partial charge in [-0.25, -0.2) is 10.1 Å². The molecule has 0 unspecified atom stereocenters. The zero-order valence-electron chi connectivity index (χ0n) is 17.1. The molecule has 0 radical (unpaired) electrons. The average molecular weight is 538 g/mol. The molecule has 0 atom stereocenters. The molecule has 0 fully saturated rings. The van der Waals surface area contributed by atoms with Crippen molar-refractivity contribution in [3.63, 3.8) is 0 Å². The highest BCUT2D eigenvalue weighted by atomic mass is 127. The number of hydrogen-bond acceptors (Lipinski definition) is 6. The summed E-state index contributed by atoms with van der Waals surface area (Å²) in [6.45, 7) is 2.25. The molecule has 0 bridgehead atoms. The molecule has 4 aromatic rings. The zero-order chi connectivity index (χ0) is 22.3. The maximum atomic E-state index is 12.5. The molecule has 160 valence electrons. The van der Waals surface area contributed by atoms with Crippen LogP contribution in [0.1, 0.15) is 28.4 Å². The molecule has 0 aliphatic heterocycles. The van der Waals surface area contributed by atoms with Gasteiger partial charge in [-0.1, -0.05) is 24.3 Å². The van der Waals surface area contributed by atoms with Crippen LogP contribution in [0.25, 0.3) is 5.69 Å². The highest BCUT2D eigenvalue weighted by Crippen LogP contribution is 2.16. The third-order valence-corrected chi connectivity index (χ3v) is 5.36. The van der Waals surface area contributed by atoms with E-state index in [1.54, 1.807) is 16.8 Å². The van der Waals surface area contributed by atoms with E-state index in [-0.39, 0.29) is 5.91 Å². The molecule has 1 amide bonds. The van der Waals surface area contributed by atoms with Crippen LogP contribution in [-0.4, -0.2) is 31.8 Å². The Morgan fingerprint density at radius 1 is 1.06 bits per heavy atom. The smallest absolute Gasteiger partial charge is 0.271 e. The lowest BCUT2D eigenvalue weighted by molar-refractivity contribution is 0.0955. The minimum absolute atomic E-state index is 0.286. The lowest BCUT2D eigenvalue weighted by Crippen LogP contribution is -2.19. The molecule has 0 spiro atoms. The highest BCUT2D eigenvalue weighted by molar-refractivity contribution is 14.1. The fourth-order valence-corrected chi connectivity index (χ4v) is 3.23. The van der Waals surface area contributed by atoms with Crippen LogP contribution in [0.5, 0.6) is 5.75 Å². The summed E-state index contributed by atoms with van der Waals surface area (Å²) in [6.07, 6.45) is 1.52. The second kappa shape index (κ2) is 10.1. The predicted octanol–water partition coefficient (Wildman–Crippen LogP) is 4.00. The number of ether oxygens (including phenoxy) is 1. The normalized spacial score (nSPS) is 11.2. The van der Waals surface area contributed by atoms with Gasteiger partial charge in [0.1, 0.15) is 18.7 Å². The average Bonchev–Trinajstić information content (AvgIpc) is 3.37. The van der Waals surface area contributed by atoms with Gasteiger partial charge < -0.3 is 4.74 Å². The molecule has 1 heterocycles. The van der Waals surface area contributed by atoms with E-state index in [1.165, 1.54) is 6.33 Å². The van der Waals surface area contributed by atoms with Gasteiger partial charge in [0.2, 0.25) is 0 Å². The second-order valence-electron chi connectivity index (χ2n) is 6.88. The van der Waals surface area contributed by atoms with Crippen molar-refractivity contribution in [3.8, 4) is 11.4 Å². The first kappa shape index (κ1) is 21.6. The number of carbonyl (C=O) groups excluding carboxylic acids is 1. The Labute approximate surface area is 198 Å². The number of amides is 1. The van der Waals surface area contributed by atoms with Crippen LogP contribution >= 0.6 is 22.6 Å². The molecular formula is C23H19IN6O2. The highest BCUT2D eigenvalue weighted by Gasteiger charge is 2.07. The molecule has 0 aliphatic carbocycles. The van der Waals surface area contributed by atoms with E-state index in [9.17, 15) is 4.79 Å². The Morgan fingerprint density at radius 2 is 1.84 bits per heavy atom. The summed E-state index contributed by atoms with van der Waals surface area (Å²) in [5.41, 5.74) is 6.40. The van der Waals surface area contributed by atoms with Crippen molar-refractivity contribution < 1.29 is 9.53 Å². The van der Waals surface area contributed by atoms with Crippen molar-refractivity contribution in [2.75, 3.05) is 0 Å². The van der Waals surface area contributed by atoms with E-state index in [1.807, 2.05) is 67.6 Å². The number of rotatable bonds is 7. The summed E-state index contributed by atoms with van der Waals surface area (Å²) in [6, 6.07) is 22.7. The number of benzene rings is 3. The molecule has 0 aliphatic rings. The lowest BCUT2D eigenvalue weighted by Gasteiger charge is -2.08. The monoisotopic (exact) mass is 538 g/mol. The summed E-state index contributed by atoms with van der Waals surface area (Å²) in [5, 5.41) is 15.4. The van der Waals surface area contributed by atoms with Gasteiger partial charge in [-0.3, -0.25) is 4.79 Å². The standard InChI is InChI=1S/C23H19IN6O2/c1-16(19-3-2-4-21(13-19)30-15-25-28-29-30)26-27-23(31)18-7-5-17(6-8-18)14-32-22-11-9-20(24)10-12-22/h2-13,15H,14H2,1H3,(H,27,31). The summed E-state index contributed by atoms with van der Waals surface area (Å²) in [7, 11) is 0. The summed E-state index contributed by atoms with van der Waals surface area (Å²) in [5.74, 6) is 0.521. The van der Waals surface area contributed by atoms with Gasteiger partial charge >= 0.3 is 0 Å². The molecule has 32 heavy (non-hydrogen) atoms. The van der Waals surface area contributed by atoms with E-state index in [2.05, 4.69) is 48.6 Å². The van der Waals surface area contributed by atoms with Gasteiger partial charge in [0.05, 0.1) is 11.4 Å². The van der Waals surface area contributed by atoms with E-state index in [0.717, 1.165) is 26.1 Å². The lowest BCUT2D eigenvalue weighted by atomic mass is 10.1. The maximum Gasteiger partial charge on any atom is 0.271 e. The molecular weight excluding hydrogens is 519 g/mol. The largest absolute Gasteiger partial charge is 0.489 e. The third-order valence-electron chi connectivity index (χ3n) is 4.64. The van der Waals surface area contributed by atoms with Gasteiger partial charge in [-0.2, -0.15) is 5.10 Å². The Bertz CT molecular complexity index is 1220. The molecule has 9 heteroatoms. The van der Waals surface area contributed by atoms with Crippen molar-refractivity contribution in [2.45, 2.75) is 13.5 Å². The van der Waals surface area contributed by atoms with Crippen LogP contribution in [-0.2, 0) is 6.61 Å². The second-order valence-corrected chi connectivity index (χ2v) is 8.13. The van der Waals surface area contributed by atoms with E-state index in [0.29, 0.717) is 17.9 Å². The van der Waals surface area contributed by atoms with Gasteiger partial charge in [-0.15, -0.1) is 5.10 Å². The van der Waals surface area contributed by atoms with Crippen molar-refractivity contribution in [2.24, 2.45) is 5.10 Å². The van der Waals surface area contributed by atoms with E-state index in [4.69, 9.17) is 4.74 Å². The number of hydrazone groups is 1. The molecule has 0 saturated heterocycles. The molecule has 3 aromatic carbocycles. The molecule has 0 saturated carbocycles. The van der Waals surface area contributed by atoms with Crippen LogP contribution in [0.15, 0.2) is 84.2 Å². The number of nitrogens with zero attached hydrogens (tertiary/aromatic N) is 5. The Hall–Kier alpha value is -3.60. The van der Waals surface area contributed by atoms with Crippen molar-refractivity contribution in [1.29, 1.82) is 0 Å². The Balaban J connectivity index is 1.35. The number of carbonyl (C=O) groups is 1. The predicted molar refractivity (Wildman–Crippen MR) is 129 cm³/mol. The van der Waals surface area contributed by atoms with Crippen molar-refractivity contribution in [3.05, 3.63) is 99.4 Å². The quantitative estimate of drug-likeness (QED) is 0.218.